The number of hydrogen-bond donors (Lipinski definition) is 1. The number of amides is 2. The van der Waals surface area contributed by atoms with Gasteiger partial charge in [0, 0.05) is 19.3 Å². The molecule has 0 fully saturated rings. The Kier molecular flexibility index (Phi) is 6.60. The zero-order valence-electron chi connectivity index (χ0n) is 14.4. The topological polar surface area (TPSA) is 49.4 Å². The summed E-state index contributed by atoms with van der Waals surface area (Å²) in [6, 6.07) is 7.73. The quantitative estimate of drug-likeness (QED) is 0.817. The first-order valence-corrected chi connectivity index (χ1v) is 7.89. The highest BCUT2D eigenvalue weighted by atomic mass is 16.2. The van der Waals surface area contributed by atoms with E-state index >= 15 is 0 Å². The van der Waals surface area contributed by atoms with Crippen molar-refractivity contribution < 1.29 is 9.59 Å². The first-order chi connectivity index (χ1) is 10.3. The SMILES string of the molecule is CCCCN(C)C(=O)CC(=O)Nc1ccccc1C(C)(C)C. The molecular weight excluding hydrogens is 276 g/mol. The summed E-state index contributed by atoms with van der Waals surface area (Å²) in [4.78, 5) is 25.7. The number of carbonyl (C=O) groups is 2. The van der Waals surface area contributed by atoms with Crippen molar-refractivity contribution in [3.8, 4) is 0 Å². The molecule has 1 aromatic rings. The molecule has 0 aromatic heterocycles. The lowest BCUT2D eigenvalue weighted by atomic mass is 9.86. The maximum atomic E-state index is 12.1. The third-order valence-electron chi connectivity index (χ3n) is 3.59. The second-order valence-electron chi connectivity index (χ2n) is 6.69. The number of anilines is 1. The molecule has 0 atom stereocenters. The number of para-hydroxylation sites is 1. The van der Waals surface area contributed by atoms with Crippen molar-refractivity contribution in [2.45, 2.75) is 52.4 Å². The fraction of sp³-hybridized carbons (Fsp3) is 0.556. The maximum absolute atomic E-state index is 12.1. The van der Waals surface area contributed by atoms with Crippen LogP contribution in [0.5, 0.6) is 0 Å². The fourth-order valence-corrected chi connectivity index (χ4v) is 2.23. The lowest BCUT2D eigenvalue weighted by Crippen LogP contribution is -2.31. The van der Waals surface area contributed by atoms with Crippen molar-refractivity contribution in [1.82, 2.24) is 4.90 Å². The van der Waals surface area contributed by atoms with Gasteiger partial charge >= 0.3 is 0 Å². The van der Waals surface area contributed by atoms with E-state index in [0.717, 1.165) is 24.1 Å². The van der Waals surface area contributed by atoms with Crippen molar-refractivity contribution in [2.75, 3.05) is 18.9 Å². The number of nitrogens with one attached hydrogen (secondary N) is 1. The van der Waals surface area contributed by atoms with Crippen LogP contribution in [0, 0.1) is 0 Å². The van der Waals surface area contributed by atoms with Gasteiger partial charge in [0.25, 0.3) is 0 Å². The third-order valence-corrected chi connectivity index (χ3v) is 3.59. The molecule has 0 aliphatic heterocycles. The van der Waals surface area contributed by atoms with Crippen molar-refractivity contribution in [1.29, 1.82) is 0 Å². The summed E-state index contributed by atoms with van der Waals surface area (Å²) < 4.78 is 0. The zero-order chi connectivity index (χ0) is 16.8. The third kappa shape index (κ3) is 5.51. The van der Waals surface area contributed by atoms with Gasteiger partial charge in [-0.1, -0.05) is 52.3 Å². The van der Waals surface area contributed by atoms with Gasteiger partial charge in [-0.3, -0.25) is 9.59 Å². The second-order valence-corrected chi connectivity index (χ2v) is 6.69. The van der Waals surface area contributed by atoms with E-state index in [4.69, 9.17) is 0 Å². The predicted octanol–water partition coefficient (Wildman–Crippen LogP) is 3.57. The standard InChI is InChI=1S/C18H28N2O2/c1-6-7-12-20(5)17(22)13-16(21)19-15-11-9-8-10-14(15)18(2,3)4/h8-11H,6-7,12-13H2,1-5H3,(H,19,21). The van der Waals surface area contributed by atoms with Gasteiger partial charge in [-0.05, 0) is 23.5 Å². The molecule has 1 aromatic carbocycles. The van der Waals surface area contributed by atoms with Gasteiger partial charge in [0.2, 0.25) is 11.8 Å². The van der Waals surface area contributed by atoms with Gasteiger partial charge in [-0.15, -0.1) is 0 Å². The van der Waals surface area contributed by atoms with Crippen molar-refractivity contribution >= 4 is 17.5 Å². The van der Waals surface area contributed by atoms with E-state index in [1.165, 1.54) is 0 Å². The molecule has 1 N–H and O–H groups in total. The molecular formula is C18H28N2O2. The second kappa shape index (κ2) is 7.97. The predicted molar refractivity (Wildman–Crippen MR) is 90.9 cm³/mol. The molecule has 4 nitrogen and oxygen atoms in total. The van der Waals surface area contributed by atoms with E-state index in [1.54, 1.807) is 11.9 Å². The first kappa shape index (κ1) is 18.2. The van der Waals surface area contributed by atoms with Crippen LogP contribution in [0.3, 0.4) is 0 Å². The number of carbonyl (C=O) groups excluding carboxylic acids is 2. The van der Waals surface area contributed by atoms with Crippen LogP contribution < -0.4 is 5.32 Å². The lowest BCUT2D eigenvalue weighted by molar-refractivity contribution is -0.133. The van der Waals surface area contributed by atoms with E-state index in [9.17, 15) is 9.59 Å². The smallest absolute Gasteiger partial charge is 0.233 e. The molecule has 1 rings (SSSR count). The minimum atomic E-state index is -0.259. The Balaban J connectivity index is 2.68. The number of benzene rings is 1. The van der Waals surface area contributed by atoms with Gasteiger partial charge in [0.15, 0.2) is 0 Å². The molecule has 122 valence electrons. The molecule has 0 unspecified atom stereocenters. The average Bonchev–Trinajstić information content (AvgIpc) is 2.43. The van der Waals surface area contributed by atoms with E-state index in [0.29, 0.717) is 6.54 Å². The number of unbranched alkanes of at least 4 members (excludes halogenated alkanes) is 1. The maximum Gasteiger partial charge on any atom is 0.233 e. The number of hydrogen-bond acceptors (Lipinski definition) is 2. The van der Waals surface area contributed by atoms with Crippen molar-refractivity contribution in [3.63, 3.8) is 0 Å². The zero-order valence-corrected chi connectivity index (χ0v) is 14.4. The largest absolute Gasteiger partial charge is 0.345 e. The van der Waals surface area contributed by atoms with E-state index in [-0.39, 0.29) is 23.7 Å². The molecule has 0 saturated heterocycles. The van der Waals surface area contributed by atoms with Gasteiger partial charge in [0.1, 0.15) is 6.42 Å². The summed E-state index contributed by atoms with van der Waals surface area (Å²) in [6.45, 7) is 9.07. The Hall–Kier alpha value is -1.84. The van der Waals surface area contributed by atoms with Crippen LogP contribution >= 0.6 is 0 Å². The molecule has 0 heterocycles. The van der Waals surface area contributed by atoms with Crippen molar-refractivity contribution in [2.24, 2.45) is 0 Å². The van der Waals surface area contributed by atoms with E-state index in [1.807, 2.05) is 24.3 Å². The van der Waals surface area contributed by atoms with E-state index < -0.39 is 0 Å². The summed E-state index contributed by atoms with van der Waals surface area (Å²) in [5.41, 5.74) is 1.78. The minimum absolute atomic E-state index is 0.0637. The molecule has 0 bridgehead atoms. The van der Waals surface area contributed by atoms with Crippen LogP contribution in [-0.4, -0.2) is 30.3 Å². The van der Waals surface area contributed by atoms with Crippen LogP contribution in [0.25, 0.3) is 0 Å². The normalized spacial score (nSPS) is 11.1. The van der Waals surface area contributed by atoms with E-state index in [2.05, 4.69) is 33.0 Å². The van der Waals surface area contributed by atoms with Gasteiger partial charge in [-0.2, -0.15) is 0 Å². The van der Waals surface area contributed by atoms with Crippen LogP contribution in [0.1, 0.15) is 52.5 Å². The minimum Gasteiger partial charge on any atom is -0.345 e. The Bertz CT molecular complexity index is 518. The van der Waals surface area contributed by atoms with Crippen LogP contribution in [0.4, 0.5) is 5.69 Å². The Morgan fingerprint density at radius 3 is 2.41 bits per heavy atom. The summed E-state index contributed by atoms with van der Waals surface area (Å²) in [5.74, 6) is -0.399. The van der Waals surface area contributed by atoms with Gasteiger partial charge in [-0.25, -0.2) is 0 Å². The molecule has 4 heteroatoms. The molecule has 0 radical (unpaired) electrons. The van der Waals surface area contributed by atoms with Gasteiger partial charge < -0.3 is 10.2 Å². The van der Waals surface area contributed by atoms with Crippen LogP contribution in [0.2, 0.25) is 0 Å². The lowest BCUT2D eigenvalue weighted by Gasteiger charge is -2.23. The number of nitrogens with zero attached hydrogens (tertiary/aromatic N) is 1. The summed E-state index contributed by atoms with van der Waals surface area (Å²) in [5, 5.41) is 2.87. The fourth-order valence-electron chi connectivity index (χ4n) is 2.23. The highest BCUT2D eigenvalue weighted by Gasteiger charge is 2.20. The molecule has 0 spiro atoms. The number of rotatable bonds is 6. The van der Waals surface area contributed by atoms with Crippen molar-refractivity contribution in [3.05, 3.63) is 29.8 Å². The summed E-state index contributed by atoms with van der Waals surface area (Å²) in [7, 11) is 1.74. The summed E-state index contributed by atoms with van der Waals surface area (Å²) in [6.07, 6.45) is 1.87. The monoisotopic (exact) mass is 304 g/mol. The molecule has 0 saturated carbocycles. The molecule has 22 heavy (non-hydrogen) atoms. The van der Waals surface area contributed by atoms with Gasteiger partial charge in [0.05, 0.1) is 0 Å². The first-order valence-electron chi connectivity index (χ1n) is 7.89. The Morgan fingerprint density at radius 1 is 1.18 bits per heavy atom. The highest BCUT2D eigenvalue weighted by molar-refractivity contribution is 6.03. The summed E-state index contributed by atoms with van der Waals surface area (Å²) >= 11 is 0. The molecule has 2 amide bonds. The molecule has 0 aliphatic carbocycles. The Morgan fingerprint density at radius 2 is 1.82 bits per heavy atom. The van der Waals surface area contributed by atoms with Crippen LogP contribution in [0.15, 0.2) is 24.3 Å². The Labute approximate surface area is 133 Å². The average molecular weight is 304 g/mol. The molecule has 0 aliphatic rings. The highest BCUT2D eigenvalue weighted by Crippen LogP contribution is 2.29. The van der Waals surface area contributed by atoms with Crippen LogP contribution in [-0.2, 0) is 15.0 Å².